The molecule has 0 spiro atoms. The second-order valence-corrected chi connectivity index (χ2v) is 5.18. The Morgan fingerprint density at radius 2 is 1.83 bits per heavy atom. The van der Waals surface area contributed by atoms with E-state index >= 15 is 0 Å². The number of hydrogen-bond donors (Lipinski definition) is 1. The van der Waals surface area contributed by atoms with Gasteiger partial charge in [-0.1, -0.05) is 18.9 Å². The van der Waals surface area contributed by atoms with Gasteiger partial charge in [-0.2, -0.15) is 0 Å². The van der Waals surface area contributed by atoms with Crippen molar-refractivity contribution < 1.29 is 8.78 Å². The quantitative estimate of drug-likeness (QED) is 0.826. The van der Waals surface area contributed by atoms with Crippen molar-refractivity contribution in [3.05, 3.63) is 29.8 Å². The van der Waals surface area contributed by atoms with Gasteiger partial charge in [-0.05, 0) is 25.0 Å². The van der Waals surface area contributed by atoms with E-state index in [0.717, 1.165) is 25.8 Å². The highest BCUT2D eigenvalue weighted by Crippen LogP contribution is 2.32. The summed E-state index contributed by atoms with van der Waals surface area (Å²) in [5.41, 5.74) is 0.163. The zero-order valence-corrected chi connectivity index (χ0v) is 10.3. The van der Waals surface area contributed by atoms with Gasteiger partial charge in [0.05, 0.1) is 0 Å². The minimum atomic E-state index is -0.443. The maximum Gasteiger partial charge on any atom is 0.149 e. The normalized spacial score (nSPS) is 28.0. The van der Waals surface area contributed by atoms with Gasteiger partial charge in [0.2, 0.25) is 0 Å². The molecule has 1 aliphatic carbocycles. The number of piperazine rings is 1. The molecule has 98 valence electrons. The van der Waals surface area contributed by atoms with Crippen LogP contribution >= 0.6 is 0 Å². The Labute approximate surface area is 106 Å². The minimum Gasteiger partial charge on any atom is -0.361 e. The topological polar surface area (TPSA) is 15.3 Å². The third kappa shape index (κ3) is 1.99. The number of nitrogens with one attached hydrogen (secondary N) is 1. The smallest absolute Gasteiger partial charge is 0.149 e. The lowest BCUT2D eigenvalue weighted by Gasteiger charge is -2.46. The summed E-state index contributed by atoms with van der Waals surface area (Å²) < 4.78 is 27.8. The number of nitrogens with zero attached hydrogens (tertiary/aromatic N) is 1. The summed E-state index contributed by atoms with van der Waals surface area (Å²) in [6, 6.07) is 4.73. The van der Waals surface area contributed by atoms with Crippen molar-refractivity contribution >= 4 is 5.69 Å². The number of hydrogen-bond acceptors (Lipinski definition) is 2. The SMILES string of the molecule is Fc1cccc(F)c1N1CCN[C@@H]2CCCC[C@H]21. The molecule has 1 heterocycles. The lowest BCUT2D eigenvalue weighted by atomic mass is 9.87. The average Bonchev–Trinajstić information content (AvgIpc) is 2.39. The highest BCUT2D eigenvalue weighted by atomic mass is 19.1. The molecule has 1 saturated heterocycles. The fourth-order valence-corrected chi connectivity index (χ4v) is 3.30. The summed E-state index contributed by atoms with van der Waals surface area (Å²) in [5.74, 6) is -0.887. The molecule has 2 aliphatic rings. The second-order valence-electron chi connectivity index (χ2n) is 5.18. The molecule has 2 nitrogen and oxygen atoms in total. The van der Waals surface area contributed by atoms with Gasteiger partial charge in [0.1, 0.15) is 17.3 Å². The molecule has 18 heavy (non-hydrogen) atoms. The van der Waals surface area contributed by atoms with Gasteiger partial charge in [0.15, 0.2) is 0 Å². The van der Waals surface area contributed by atoms with Crippen LogP contribution in [0.1, 0.15) is 25.7 Å². The van der Waals surface area contributed by atoms with E-state index in [0.29, 0.717) is 12.6 Å². The molecule has 0 bridgehead atoms. The number of fused-ring (bicyclic) bond motifs is 1. The molecule has 0 radical (unpaired) electrons. The molecule has 4 heteroatoms. The van der Waals surface area contributed by atoms with Gasteiger partial charge >= 0.3 is 0 Å². The molecule has 2 atom stereocenters. The third-order valence-electron chi connectivity index (χ3n) is 4.11. The number of rotatable bonds is 1. The van der Waals surface area contributed by atoms with Gasteiger partial charge in [0, 0.05) is 25.2 Å². The van der Waals surface area contributed by atoms with Crippen LogP contribution in [-0.4, -0.2) is 25.2 Å². The van der Waals surface area contributed by atoms with E-state index in [1.54, 1.807) is 0 Å². The Hall–Kier alpha value is -1.16. The third-order valence-corrected chi connectivity index (χ3v) is 4.11. The van der Waals surface area contributed by atoms with Crippen LogP contribution in [0.2, 0.25) is 0 Å². The Bertz CT molecular complexity index is 414. The van der Waals surface area contributed by atoms with Crippen molar-refractivity contribution in [3.8, 4) is 0 Å². The first-order valence-electron chi connectivity index (χ1n) is 6.71. The second kappa shape index (κ2) is 4.84. The zero-order valence-electron chi connectivity index (χ0n) is 10.3. The maximum atomic E-state index is 13.9. The van der Waals surface area contributed by atoms with Crippen molar-refractivity contribution in [3.63, 3.8) is 0 Å². The Morgan fingerprint density at radius 3 is 2.61 bits per heavy atom. The van der Waals surface area contributed by atoms with Crippen LogP contribution in [0.25, 0.3) is 0 Å². The molecule has 0 unspecified atom stereocenters. The van der Waals surface area contributed by atoms with Crippen LogP contribution in [0.4, 0.5) is 14.5 Å². The Kier molecular flexibility index (Phi) is 3.20. The molecule has 2 fully saturated rings. The molecule has 0 aromatic heterocycles. The van der Waals surface area contributed by atoms with E-state index in [1.807, 2.05) is 4.90 Å². The van der Waals surface area contributed by atoms with E-state index in [9.17, 15) is 8.78 Å². The lowest BCUT2D eigenvalue weighted by molar-refractivity contribution is 0.281. The molecule has 1 aliphatic heterocycles. The van der Waals surface area contributed by atoms with Crippen molar-refractivity contribution in [1.82, 2.24) is 5.32 Å². The van der Waals surface area contributed by atoms with E-state index in [4.69, 9.17) is 0 Å². The van der Waals surface area contributed by atoms with Gasteiger partial charge in [0.25, 0.3) is 0 Å². The van der Waals surface area contributed by atoms with Gasteiger partial charge < -0.3 is 10.2 Å². The first kappa shape index (κ1) is 11.9. The monoisotopic (exact) mass is 252 g/mol. The van der Waals surface area contributed by atoms with Gasteiger partial charge in [-0.3, -0.25) is 0 Å². The minimum absolute atomic E-state index is 0.163. The number of para-hydroxylation sites is 1. The summed E-state index contributed by atoms with van der Waals surface area (Å²) in [6.45, 7) is 1.48. The fourth-order valence-electron chi connectivity index (χ4n) is 3.30. The molecule has 1 aromatic carbocycles. The van der Waals surface area contributed by atoms with Crippen LogP contribution in [0.15, 0.2) is 18.2 Å². The van der Waals surface area contributed by atoms with Gasteiger partial charge in [-0.15, -0.1) is 0 Å². The predicted octanol–water partition coefficient (Wildman–Crippen LogP) is 2.69. The Balaban J connectivity index is 1.94. The van der Waals surface area contributed by atoms with Crippen molar-refractivity contribution in [1.29, 1.82) is 0 Å². The molecule has 0 amide bonds. The first-order chi connectivity index (χ1) is 8.77. The largest absolute Gasteiger partial charge is 0.361 e. The van der Waals surface area contributed by atoms with E-state index < -0.39 is 11.6 Å². The van der Waals surface area contributed by atoms with Crippen molar-refractivity contribution in [2.75, 3.05) is 18.0 Å². The zero-order chi connectivity index (χ0) is 12.5. The van der Waals surface area contributed by atoms with Gasteiger partial charge in [-0.25, -0.2) is 8.78 Å². The molecule has 1 aromatic rings. The highest BCUT2D eigenvalue weighted by Gasteiger charge is 2.35. The fraction of sp³-hybridized carbons (Fsp3) is 0.571. The van der Waals surface area contributed by atoms with E-state index in [2.05, 4.69) is 5.32 Å². The van der Waals surface area contributed by atoms with Crippen molar-refractivity contribution in [2.45, 2.75) is 37.8 Å². The van der Waals surface area contributed by atoms with Crippen LogP contribution in [0, 0.1) is 11.6 Å². The highest BCUT2D eigenvalue weighted by molar-refractivity contribution is 5.51. The summed E-state index contributed by atoms with van der Waals surface area (Å²) in [7, 11) is 0. The standard InChI is InChI=1S/C14H18F2N2/c15-10-4-3-5-11(16)14(10)18-9-8-17-12-6-1-2-7-13(12)18/h3-5,12-13,17H,1-2,6-9H2/t12-,13-/m1/s1. The van der Waals surface area contributed by atoms with Crippen LogP contribution < -0.4 is 10.2 Å². The molecular formula is C14H18F2N2. The first-order valence-corrected chi connectivity index (χ1v) is 6.71. The summed E-state index contributed by atoms with van der Waals surface area (Å²) in [6.07, 6.45) is 4.49. The Morgan fingerprint density at radius 1 is 1.11 bits per heavy atom. The molecular weight excluding hydrogens is 234 g/mol. The molecule has 3 rings (SSSR count). The predicted molar refractivity (Wildman–Crippen MR) is 67.8 cm³/mol. The summed E-state index contributed by atoms with van der Waals surface area (Å²) in [4.78, 5) is 1.94. The molecule has 1 saturated carbocycles. The van der Waals surface area contributed by atoms with Crippen LogP contribution in [0.5, 0.6) is 0 Å². The number of halogens is 2. The summed E-state index contributed by atoms with van der Waals surface area (Å²) in [5, 5.41) is 3.47. The maximum absolute atomic E-state index is 13.9. The average molecular weight is 252 g/mol. The molecule has 1 N–H and O–H groups in total. The van der Waals surface area contributed by atoms with Crippen molar-refractivity contribution in [2.24, 2.45) is 0 Å². The van der Waals surface area contributed by atoms with E-state index in [1.165, 1.54) is 24.6 Å². The number of anilines is 1. The van der Waals surface area contributed by atoms with E-state index in [-0.39, 0.29) is 11.7 Å². The lowest BCUT2D eigenvalue weighted by Crippen LogP contribution is -2.59. The van der Waals surface area contributed by atoms with Crippen LogP contribution in [0.3, 0.4) is 0 Å². The summed E-state index contributed by atoms with van der Waals surface area (Å²) >= 11 is 0. The van der Waals surface area contributed by atoms with Crippen LogP contribution in [-0.2, 0) is 0 Å². The number of benzene rings is 1.